The van der Waals surface area contributed by atoms with Crippen molar-refractivity contribution in [3.63, 3.8) is 0 Å². The normalized spacial score (nSPS) is 20.0. The summed E-state index contributed by atoms with van der Waals surface area (Å²) in [5, 5.41) is 17.1. The summed E-state index contributed by atoms with van der Waals surface area (Å²) < 4.78 is 1.59. The molecule has 1 aliphatic carbocycles. The lowest BCUT2D eigenvalue weighted by molar-refractivity contribution is -0.123. The van der Waals surface area contributed by atoms with Crippen molar-refractivity contribution in [1.82, 2.24) is 15.1 Å². The zero-order chi connectivity index (χ0) is 19.6. The van der Waals surface area contributed by atoms with Crippen molar-refractivity contribution in [3.8, 4) is 0 Å². The van der Waals surface area contributed by atoms with E-state index >= 15 is 0 Å². The monoisotopic (exact) mass is 369 g/mol. The number of amides is 1. The maximum atomic E-state index is 12.7. The van der Waals surface area contributed by atoms with Gasteiger partial charge in [0.25, 0.3) is 0 Å². The molecule has 1 atom stereocenters. The van der Waals surface area contributed by atoms with Crippen molar-refractivity contribution < 1.29 is 14.7 Å². The first kappa shape index (κ1) is 19.3. The highest BCUT2D eigenvalue weighted by atomic mass is 16.3. The molecule has 1 fully saturated rings. The molecule has 0 saturated heterocycles. The van der Waals surface area contributed by atoms with Gasteiger partial charge in [0.15, 0.2) is 5.78 Å². The average Bonchev–Trinajstić information content (AvgIpc) is 2.86. The molecule has 2 N–H and O–H groups in total. The van der Waals surface area contributed by atoms with Gasteiger partial charge in [0.2, 0.25) is 5.91 Å². The van der Waals surface area contributed by atoms with Crippen molar-refractivity contribution in [1.29, 1.82) is 0 Å². The molecule has 1 aromatic heterocycles. The summed E-state index contributed by atoms with van der Waals surface area (Å²) in [6.45, 7) is 5.19. The molecular formula is C21H27N3O3. The van der Waals surface area contributed by atoms with Gasteiger partial charge in [-0.2, -0.15) is 5.10 Å². The number of aryl methyl sites for hydroxylation is 1. The van der Waals surface area contributed by atoms with Crippen molar-refractivity contribution in [2.45, 2.75) is 58.7 Å². The van der Waals surface area contributed by atoms with Crippen LogP contribution in [0.3, 0.4) is 0 Å². The third-order valence-electron chi connectivity index (χ3n) is 5.39. The quantitative estimate of drug-likeness (QED) is 0.733. The second-order valence-electron chi connectivity index (χ2n) is 7.51. The fourth-order valence-corrected chi connectivity index (χ4v) is 3.91. The Morgan fingerprint density at radius 2 is 1.93 bits per heavy atom. The van der Waals surface area contributed by atoms with Crippen molar-refractivity contribution in [3.05, 3.63) is 52.8 Å². The number of nitrogens with zero attached hydrogens (tertiary/aromatic N) is 2. The molecule has 1 saturated carbocycles. The van der Waals surface area contributed by atoms with Crippen LogP contribution in [0.25, 0.3) is 0 Å². The molecule has 2 aromatic rings. The van der Waals surface area contributed by atoms with E-state index in [9.17, 15) is 14.7 Å². The van der Waals surface area contributed by atoms with Crippen molar-refractivity contribution in [2.75, 3.05) is 0 Å². The Balaban J connectivity index is 1.69. The third-order valence-corrected chi connectivity index (χ3v) is 5.39. The Kier molecular flexibility index (Phi) is 5.75. The molecule has 0 spiro atoms. The SMILES string of the molecule is CC(=O)c1c(C)nn(CC(=O)N[C@H](Cc2ccccc2)C2CC(O)C2)c1C. The molecule has 0 bridgehead atoms. The summed E-state index contributed by atoms with van der Waals surface area (Å²) in [4.78, 5) is 24.4. The highest BCUT2D eigenvalue weighted by molar-refractivity contribution is 5.96. The van der Waals surface area contributed by atoms with E-state index < -0.39 is 0 Å². The fraction of sp³-hybridized carbons (Fsp3) is 0.476. The number of aliphatic hydroxyl groups excluding tert-OH is 1. The van der Waals surface area contributed by atoms with Gasteiger partial charge < -0.3 is 10.4 Å². The van der Waals surface area contributed by atoms with Gasteiger partial charge in [-0.1, -0.05) is 30.3 Å². The van der Waals surface area contributed by atoms with Crippen molar-refractivity contribution in [2.24, 2.45) is 5.92 Å². The van der Waals surface area contributed by atoms with Crippen LogP contribution in [0.1, 0.15) is 47.1 Å². The number of nitrogens with one attached hydrogen (secondary N) is 1. The molecule has 6 nitrogen and oxygen atoms in total. The topological polar surface area (TPSA) is 84.2 Å². The number of carbonyl (C=O) groups is 2. The number of aliphatic hydroxyl groups is 1. The van der Waals surface area contributed by atoms with Gasteiger partial charge in [0.1, 0.15) is 6.54 Å². The first-order chi connectivity index (χ1) is 12.8. The zero-order valence-corrected chi connectivity index (χ0v) is 16.1. The molecule has 27 heavy (non-hydrogen) atoms. The summed E-state index contributed by atoms with van der Waals surface area (Å²) in [5.74, 6) is 0.109. The van der Waals surface area contributed by atoms with Crippen LogP contribution < -0.4 is 5.32 Å². The minimum Gasteiger partial charge on any atom is -0.393 e. The van der Waals surface area contributed by atoms with Gasteiger partial charge in [-0.15, -0.1) is 0 Å². The van der Waals surface area contributed by atoms with Crippen LogP contribution in [0.15, 0.2) is 30.3 Å². The molecule has 0 radical (unpaired) electrons. The Morgan fingerprint density at radius 3 is 2.48 bits per heavy atom. The molecule has 3 rings (SSSR count). The van der Waals surface area contributed by atoms with E-state index in [-0.39, 0.29) is 36.3 Å². The summed E-state index contributed by atoms with van der Waals surface area (Å²) in [5.41, 5.74) is 3.12. The van der Waals surface area contributed by atoms with Crippen LogP contribution in [-0.4, -0.2) is 38.7 Å². The predicted molar refractivity (Wildman–Crippen MR) is 103 cm³/mol. The third kappa shape index (κ3) is 4.45. The Hall–Kier alpha value is -2.47. The maximum absolute atomic E-state index is 12.7. The number of ketones is 1. The Bertz CT molecular complexity index is 823. The lowest BCUT2D eigenvalue weighted by Crippen LogP contribution is -2.49. The van der Waals surface area contributed by atoms with Gasteiger partial charge >= 0.3 is 0 Å². The molecule has 1 amide bonds. The highest BCUT2D eigenvalue weighted by Crippen LogP contribution is 2.31. The smallest absolute Gasteiger partial charge is 0.241 e. The Morgan fingerprint density at radius 1 is 1.26 bits per heavy atom. The number of Topliss-reactive ketones (excluding diaryl/α,β-unsaturated/α-hetero) is 1. The van der Waals surface area contributed by atoms with E-state index in [0.29, 0.717) is 29.8 Å². The van der Waals surface area contributed by atoms with E-state index in [1.807, 2.05) is 37.3 Å². The number of carbonyl (C=O) groups excluding carboxylic acids is 2. The van der Waals surface area contributed by atoms with E-state index in [2.05, 4.69) is 10.4 Å². The molecule has 1 aliphatic rings. The molecule has 144 valence electrons. The van der Waals surface area contributed by atoms with E-state index in [1.165, 1.54) is 6.92 Å². The van der Waals surface area contributed by atoms with E-state index in [4.69, 9.17) is 0 Å². The fourth-order valence-electron chi connectivity index (χ4n) is 3.91. The summed E-state index contributed by atoms with van der Waals surface area (Å²) in [7, 11) is 0. The number of hydrogen-bond donors (Lipinski definition) is 2. The van der Waals surface area contributed by atoms with Crippen molar-refractivity contribution >= 4 is 11.7 Å². The molecule has 0 unspecified atom stereocenters. The maximum Gasteiger partial charge on any atom is 0.241 e. The second-order valence-corrected chi connectivity index (χ2v) is 7.51. The minimum absolute atomic E-state index is 0.0208. The molecule has 1 aromatic carbocycles. The number of aromatic nitrogens is 2. The zero-order valence-electron chi connectivity index (χ0n) is 16.1. The second kappa shape index (κ2) is 8.05. The molecule has 6 heteroatoms. The number of rotatable bonds is 7. The van der Waals surface area contributed by atoms with Gasteiger partial charge in [-0.05, 0) is 51.5 Å². The molecule has 1 heterocycles. The van der Waals surface area contributed by atoms with Crippen LogP contribution in [0.5, 0.6) is 0 Å². The van der Waals surface area contributed by atoms with E-state index in [1.54, 1.807) is 11.6 Å². The molecular weight excluding hydrogens is 342 g/mol. The summed E-state index contributed by atoms with van der Waals surface area (Å²) in [6, 6.07) is 10.0. The first-order valence-electron chi connectivity index (χ1n) is 9.41. The standard InChI is InChI=1S/C21H27N3O3/c1-13-21(15(3)25)14(2)24(23-13)12-20(27)22-19(17-10-18(26)11-17)9-16-7-5-4-6-8-16/h4-8,17-19,26H,9-12H2,1-3H3,(H,22,27)/t17?,18?,19-/m1/s1. The lowest BCUT2D eigenvalue weighted by Gasteiger charge is -2.38. The van der Waals surface area contributed by atoms with Gasteiger partial charge in [-0.3, -0.25) is 14.3 Å². The van der Waals surface area contributed by atoms with Crippen LogP contribution in [0.4, 0.5) is 0 Å². The van der Waals surface area contributed by atoms with Crippen LogP contribution >= 0.6 is 0 Å². The first-order valence-corrected chi connectivity index (χ1v) is 9.41. The minimum atomic E-state index is -0.265. The van der Waals surface area contributed by atoms with Crippen LogP contribution in [-0.2, 0) is 17.8 Å². The van der Waals surface area contributed by atoms with Gasteiger partial charge in [0.05, 0.1) is 17.4 Å². The van der Waals surface area contributed by atoms with Crippen LogP contribution in [0.2, 0.25) is 0 Å². The largest absolute Gasteiger partial charge is 0.393 e. The van der Waals surface area contributed by atoms with Gasteiger partial charge in [0, 0.05) is 11.7 Å². The Labute approximate surface area is 159 Å². The number of hydrogen-bond acceptors (Lipinski definition) is 4. The summed E-state index contributed by atoms with van der Waals surface area (Å²) >= 11 is 0. The lowest BCUT2D eigenvalue weighted by atomic mass is 9.75. The predicted octanol–water partition coefficient (Wildman–Crippen LogP) is 2.20. The molecule has 0 aliphatic heterocycles. The summed E-state index contributed by atoms with van der Waals surface area (Å²) in [6.07, 6.45) is 1.90. The van der Waals surface area contributed by atoms with Gasteiger partial charge in [-0.25, -0.2) is 0 Å². The van der Waals surface area contributed by atoms with Crippen LogP contribution in [0, 0.1) is 19.8 Å². The average molecular weight is 369 g/mol. The van der Waals surface area contributed by atoms with E-state index in [0.717, 1.165) is 12.0 Å². The highest BCUT2D eigenvalue weighted by Gasteiger charge is 2.34. The number of benzene rings is 1.